The number of thiazole rings is 1. The van der Waals surface area contributed by atoms with Gasteiger partial charge in [-0.2, -0.15) is 0 Å². The van der Waals surface area contributed by atoms with Crippen molar-refractivity contribution < 1.29 is 4.74 Å². The maximum absolute atomic E-state index is 5.82. The topological polar surface area (TPSA) is 72.9 Å². The van der Waals surface area contributed by atoms with Crippen molar-refractivity contribution in [1.82, 2.24) is 4.98 Å². The normalized spacial score (nSPS) is 11.0. The van der Waals surface area contributed by atoms with Crippen LogP contribution in [-0.4, -0.2) is 12.1 Å². The second-order valence-electron chi connectivity index (χ2n) is 4.47. The Morgan fingerprint density at radius 1 is 1.05 bits per heavy atom. The van der Waals surface area contributed by atoms with Gasteiger partial charge in [0.05, 0.1) is 12.8 Å². The Balaban J connectivity index is 1.94. The standard InChI is InChI=1S/C16H14N4OS/c1-21-13-9-5-8-12(10-13)19-20-15-14(18-16(17)22-15)11-6-3-2-4-7-11/h2-10H,1H3,(H2,17,18). The summed E-state index contributed by atoms with van der Waals surface area (Å²) < 4.78 is 5.17. The third kappa shape index (κ3) is 3.12. The van der Waals surface area contributed by atoms with Crippen molar-refractivity contribution in [1.29, 1.82) is 0 Å². The number of nitrogens with two attached hydrogens (primary N) is 1. The molecule has 5 nitrogen and oxygen atoms in total. The maximum Gasteiger partial charge on any atom is 0.182 e. The Kier molecular flexibility index (Phi) is 4.11. The molecule has 2 aromatic carbocycles. The van der Waals surface area contributed by atoms with Crippen molar-refractivity contribution in [3.8, 4) is 17.0 Å². The minimum Gasteiger partial charge on any atom is -0.497 e. The zero-order valence-electron chi connectivity index (χ0n) is 11.9. The summed E-state index contributed by atoms with van der Waals surface area (Å²) in [6.45, 7) is 0. The van der Waals surface area contributed by atoms with Gasteiger partial charge < -0.3 is 10.5 Å². The molecule has 0 radical (unpaired) electrons. The van der Waals surface area contributed by atoms with E-state index in [9.17, 15) is 0 Å². The fourth-order valence-corrected chi connectivity index (χ4v) is 2.63. The molecule has 0 fully saturated rings. The lowest BCUT2D eigenvalue weighted by molar-refractivity contribution is 0.415. The van der Waals surface area contributed by atoms with E-state index in [2.05, 4.69) is 15.2 Å². The van der Waals surface area contributed by atoms with Crippen LogP contribution in [0.3, 0.4) is 0 Å². The minimum atomic E-state index is 0.471. The molecule has 2 N–H and O–H groups in total. The molecule has 0 aliphatic carbocycles. The van der Waals surface area contributed by atoms with Crippen LogP contribution in [0.25, 0.3) is 11.3 Å². The van der Waals surface area contributed by atoms with Crippen LogP contribution in [0.2, 0.25) is 0 Å². The number of ether oxygens (including phenoxy) is 1. The second kappa shape index (κ2) is 6.36. The van der Waals surface area contributed by atoms with Crippen LogP contribution in [0.4, 0.5) is 15.8 Å². The van der Waals surface area contributed by atoms with E-state index in [1.807, 2.05) is 54.6 Å². The molecule has 0 aliphatic rings. The van der Waals surface area contributed by atoms with Gasteiger partial charge in [-0.1, -0.05) is 47.7 Å². The highest BCUT2D eigenvalue weighted by Crippen LogP contribution is 2.37. The van der Waals surface area contributed by atoms with E-state index < -0.39 is 0 Å². The molecular formula is C16H14N4OS. The Hall–Kier alpha value is -2.73. The quantitative estimate of drug-likeness (QED) is 0.702. The number of anilines is 1. The molecular weight excluding hydrogens is 296 g/mol. The summed E-state index contributed by atoms with van der Waals surface area (Å²) >= 11 is 1.31. The average Bonchev–Trinajstić information content (AvgIpc) is 2.95. The zero-order valence-corrected chi connectivity index (χ0v) is 12.7. The molecule has 3 aromatic rings. The van der Waals surface area contributed by atoms with E-state index >= 15 is 0 Å². The van der Waals surface area contributed by atoms with Gasteiger partial charge in [-0.15, -0.1) is 10.2 Å². The number of nitrogen functional groups attached to an aromatic ring is 1. The summed E-state index contributed by atoms with van der Waals surface area (Å²) in [6.07, 6.45) is 0. The molecule has 6 heteroatoms. The molecule has 0 saturated carbocycles. The van der Waals surface area contributed by atoms with Crippen molar-refractivity contribution >= 4 is 27.2 Å². The molecule has 0 unspecified atom stereocenters. The molecule has 0 bridgehead atoms. The largest absolute Gasteiger partial charge is 0.497 e. The maximum atomic E-state index is 5.82. The van der Waals surface area contributed by atoms with Crippen molar-refractivity contribution in [3.05, 3.63) is 54.6 Å². The third-order valence-corrected chi connectivity index (χ3v) is 3.75. The number of methoxy groups -OCH3 is 1. The number of aromatic nitrogens is 1. The Morgan fingerprint density at radius 3 is 2.64 bits per heavy atom. The highest BCUT2D eigenvalue weighted by Gasteiger charge is 2.11. The van der Waals surface area contributed by atoms with Crippen molar-refractivity contribution in [2.75, 3.05) is 12.8 Å². The molecule has 0 amide bonds. The van der Waals surface area contributed by atoms with Crippen molar-refractivity contribution in [2.45, 2.75) is 0 Å². The summed E-state index contributed by atoms with van der Waals surface area (Å²) in [6, 6.07) is 17.2. The highest BCUT2D eigenvalue weighted by atomic mass is 32.1. The van der Waals surface area contributed by atoms with E-state index in [0.717, 1.165) is 17.0 Å². The van der Waals surface area contributed by atoms with E-state index in [0.29, 0.717) is 15.8 Å². The molecule has 1 heterocycles. The molecule has 110 valence electrons. The Bertz CT molecular complexity index is 799. The number of hydrogen-bond donors (Lipinski definition) is 1. The van der Waals surface area contributed by atoms with Crippen LogP contribution < -0.4 is 10.5 Å². The van der Waals surface area contributed by atoms with Gasteiger partial charge >= 0.3 is 0 Å². The predicted molar refractivity (Wildman–Crippen MR) is 89.1 cm³/mol. The fraction of sp³-hybridized carbons (Fsp3) is 0.0625. The summed E-state index contributed by atoms with van der Waals surface area (Å²) in [5.41, 5.74) is 8.24. The first kappa shape index (κ1) is 14.2. The van der Waals surface area contributed by atoms with Gasteiger partial charge in [-0.25, -0.2) is 4.98 Å². The van der Waals surface area contributed by atoms with Gasteiger partial charge in [0.15, 0.2) is 10.1 Å². The van der Waals surface area contributed by atoms with Crippen LogP contribution in [0.5, 0.6) is 5.75 Å². The van der Waals surface area contributed by atoms with Gasteiger partial charge in [0, 0.05) is 11.6 Å². The van der Waals surface area contributed by atoms with Crippen LogP contribution in [0, 0.1) is 0 Å². The Labute approximate surface area is 132 Å². The van der Waals surface area contributed by atoms with E-state index in [1.165, 1.54) is 11.3 Å². The summed E-state index contributed by atoms with van der Waals surface area (Å²) in [5.74, 6) is 0.739. The fourth-order valence-electron chi connectivity index (χ4n) is 1.96. The number of rotatable bonds is 4. The number of nitrogens with zero attached hydrogens (tertiary/aromatic N) is 3. The Morgan fingerprint density at radius 2 is 1.86 bits per heavy atom. The molecule has 0 saturated heterocycles. The minimum absolute atomic E-state index is 0.471. The lowest BCUT2D eigenvalue weighted by Crippen LogP contribution is -1.82. The van der Waals surface area contributed by atoms with Crippen LogP contribution in [-0.2, 0) is 0 Å². The van der Waals surface area contributed by atoms with Gasteiger partial charge in [0.1, 0.15) is 11.4 Å². The SMILES string of the molecule is COc1cccc(N=Nc2sc(N)nc2-c2ccccc2)c1. The van der Waals surface area contributed by atoms with Gasteiger partial charge in [-0.3, -0.25) is 0 Å². The van der Waals surface area contributed by atoms with Crippen LogP contribution in [0.15, 0.2) is 64.8 Å². The van der Waals surface area contributed by atoms with Crippen molar-refractivity contribution in [3.63, 3.8) is 0 Å². The van der Waals surface area contributed by atoms with Gasteiger partial charge in [0.2, 0.25) is 0 Å². The first-order chi connectivity index (χ1) is 10.8. The van der Waals surface area contributed by atoms with Crippen molar-refractivity contribution in [2.24, 2.45) is 10.2 Å². The van der Waals surface area contributed by atoms with E-state index in [4.69, 9.17) is 10.5 Å². The van der Waals surface area contributed by atoms with Crippen LogP contribution in [0.1, 0.15) is 0 Å². The zero-order chi connectivity index (χ0) is 15.4. The number of hydrogen-bond acceptors (Lipinski definition) is 6. The highest BCUT2D eigenvalue weighted by molar-refractivity contribution is 7.19. The molecule has 0 aliphatic heterocycles. The number of azo groups is 1. The third-order valence-electron chi connectivity index (χ3n) is 2.98. The molecule has 3 rings (SSSR count). The molecule has 0 spiro atoms. The van der Waals surface area contributed by atoms with Gasteiger partial charge in [-0.05, 0) is 12.1 Å². The summed E-state index contributed by atoms with van der Waals surface area (Å²) in [7, 11) is 1.62. The summed E-state index contributed by atoms with van der Waals surface area (Å²) in [4.78, 5) is 4.34. The smallest absolute Gasteiger partial charge is 0.182 e. The predicted octanol–water partition coefficient (Wildman–Crippen LogP) is 4.82. The molecule has 22 heavy (non-hydrogen) atoms. The first-order valence-electron chi connectivity index (χ1n) is 6.64. The van der Waals surface area contributed by atoms with E-state index in [1.54, 1.807) is 7.11 Å². The van der Waals surface area contributed by atoms with Crippen LogP contribution >= 0.6 is 11.3 Å². The average molecular weight is 310 g/mol. The lowest BCUT2D eigenvalue weighted by atomic mass is 10.2. The first-order valence-corrected chi connectivity index (χ1v) is 7.45. The van der Waals surface area contributed by atoms with E-state index in [-0.39, 0.29) is 0 Å². The number of benzene rings is 2. The monoisotopic (exact) mass is 310 g/mol. The molecule has 1 aromatic heterocycles. The molecule has 0 atom stereocenters. The summed E-state index contributed by atoms with van der Waals surface area (Å²) in [5, 5.41) is 9.70. The van der Waals surface area contributed by atoms with Gasteiger partial charge in [0.25, 0.3) is 0 Å². The second-order valence-corrected chi connectivity index (χ2v) is 5.48. The lowest BCUT2D eigenvalue weighted by Gasteiger charge is -1.99.